The molecular weight excluding hydrogens is 369 g/mol. The first-order chi connectivity index (χ1) is 13.2. The van der Waals surface area contributed by atoms with Gasteiger partial charge in [0.25, 0.3) is 5.56 Å². The van der Waals surface area contributed by atoms with E-state index in [0.717, 1.165) is 43.5 Å². The molecule has 0 saturated heterocycles. The van der Waals surface area contributed by atoms with E-state index in [1.54, 1.807) is 12.3 Å². The second-order valence-corrected chi connectivity index (χ2v) is 7.53. The fourth-order valence-electron chi connectivity index (χ4n) is 3.81. The summed E-state index contributed by atoms with van der Waals surface area (Å²) in [4.78, 5) is 29.2. The molecular formula is C21H23F3N2O2. The molecule has 4 nitrogen and oxygen atoms in total. The zero-order valence-corrected chi connectivity index (χ0v) is 15.7. The minimum absolute atomic E-state index is 0.101. The van der Waals surface area contributed by atoms with E-state index >= 15 is 0 Å². The van der Waals surface area contributed by atoms with Gasteiger partial charge >= 0.3 is 6.18 Å². The molecule has 0 aliphatic heterocycles. The van der Waals surface area contributed by atoms with Crippen molar-refractivity contribution in [2.45, 2.75) is 57.7 Å². The van der Waals surface area contributed by atoms with Crippen molar-refractivity contribution in [3.63, 3.8) is 0 Å². The number of carbonyl (C=O) groups excluding carboxylic acids is 1. The second-order valence-electron chi connectivity index (χ2n) is 7.53. The molecule has 0 radical (unpaired) electrons. The largest absolute Gasteiger partial charge is 0.417 e. The van der Waals surface area contributed by atoms with Gasteiger partial charge < -0.3 is 4.57 Å². The van der Waals surface area contributed by atoms with Crippen LogP contribution in [-0.2, 0) is 17.4 Å². The van der Waals surface area contributed by atoms with Crippen LogP contribution in [0.15, 0.2) is 41.5 Å². The van der Waals surface area contributed by atoms with Crippen LogP contribution < -0.4 is 5.56 Å². The molecule has 0 aromatic carbocycles. The van der Waals surface area contributed by atoms with E-state index in [0.29, 0.717) is 12.3 Å². The van der Waals surface area contributed by atoms with Crippen LogP contribution in [0.3, 0.4) is 0 Å². The molecule has 1 aliphatic rings. The van der Waals surface area contributed by atoms with Gasteiger partial charge in [-0.2, -0.15) is 13.2 Å². The van der Waals surface area contributed by atoms with E-state index in [-0.39, 0.29) is 23.5 Å². The Balaban J connectivity index is 1.83. The van der Waals surface area contributed by atoms with E-state index in [1.165, 1.54) is 16.7 Å². The summed E-state index contributed by atoms with van der Waals surface area (Å²) in [7, 11) is 0. The van der Waals surface area contributed by atoms with Gasteiger partial charge in [-0.1, -0.05) is 31.7 Å². The first-order valence-corrected chi connectivity index (χ1v) is 9.47. The van der Waals surface area contributed by atoms with Crippen LogP contribution >= 0.6 is 0 Å². The van der Waals surface area contributed by atoms with Crippen molar-refractivity contribution in [2.75, 3.05) is 0 Å². The number of ketones is 1. The summed E-state index contributed by atoms with van der Waals surface area (Å²) in [5.41, 5.74) is 0.0510. The maximum absolute atomic E-state index is 13.0. The van der Waals surface area contributed by atoms with Gasteiger partial charge in [0, 0.05) is 24.2 Å². The highest BCUT2D eigenvalue weighted by Crippen LogP contribution is 2.33. The number of alkyl halides is 3. The molecule has 0 bridgehead atoms. The Bertz CT molecular complexity index is 882. The number of hydrogen-bond acceptors (Lipinski definition) is 3. The van der Waals surface area contributed by atoms with Crippen LogP contribution in [0.1, 0.15) is 55.0 Å². The van der Waals surface area contributed by atoms with Crippen molar-refractivity contribution in [3.05, 3.63) is 63.8 Å². The van der Waals surface area contributed by atoms with E-state index < -0.39 is 17.8 Å². The van der Waals surface area contributed by atoms with Crippen molar-refractivity contribution in [1.29, 1.82) is 0 Å². The van der Waals surface area contributed by atoms with Crippen LogP contribution in [0.5, 0.6) is 0 Å². The SMILES string of the molecule is Cc1ccc(=O)n([C@@H](CC2CCCC2)C(=O)Cc2ccc(C(F)(F)F)cn2)c1. The standard InChI is InChI=1S/C21H23F3N2O2/c1-14-6-9-20(28)26(13-14)18(10-15-4-2-3-5-15)19(27)11-17-8-7-16(12-25-17)21(22,23)24/h6-9,12-13,15,18H,2-5,10-11H2,1H3/t18-/m0/s1. The molecule has 3 rings (SSSR count). The molecule has 2 aromatic rings. The molecule has 1 fully saturated rings. The van der Waals surface area contributed by atoms with Gasteiger partial charge in [-0.05, 0) is 37.0 Å². The maximum atomic E-state index is 13.0. The van der Waals surface area contributed by atoms with Gasteiger partial charge in [-0.15, -0.1) is 0 Å². The van der Waals surface area contributed by atoms with Crippen LogP contribution in [0.4, 0.5) is 13.2 Å². The van der Waals surface area contributed by atoms with E-state index in [9.17, 15) is 22.8 Å². The average Bonchev–Trinajstić information content (AvgIpc) is 3.15. The molecule has 28 heavy (non-hydrogen) atoms. The number of pyridine rings is 2. The first-order valence-electron chi connectivity index (χ1n) is 9.47. The Morgan fingerprint density at radius 2 is 1.93 bits per heavy atom. The fourth-order valence-corrected chi connectivity index (χ4v) is 3.81. The predicted octanol–water partition coefficient (Wildman–Crippen LogP) is 4.50. The number of nitrogens with zero attached hydrogens (tertiary/aromatic N) is 2. The third-order valence-corrected chi connectivity index (χ3v) is 5.33. The number of halogens is 3. The number of carbonyl (C=O) groups is 1. The first kappa shape index (κ1) is 20.3. The molecule has 0 unspecified atom stereocenters. The van der Waals surface area contributed by atoms with Gasteiger partial charge in [0.2, 0.25) is 0 Å². The average molecular weight is 392 g/mol. The smallest absolute Gasteiger partial charge is 0.305 e. The van der Waals surface area contributed by atoms with Gasteiger partial charge in [-0.25, -0.2) is 0 Å². The summed E-state index contributed by atoms with van der Waals surface area (Å²) in [6.45, 7) is 1.85. The fraction of sp³-hybridized carbons (Fsp3) is 0.476. The molecule has 1 saturated carbocycles. The highest BCUT2D eigenvalue weighted by Gasteiger charge is 2.31. The van der Waals surface area contributed by atoms with Crippen molar-refractivity contribution in [2.24, 2.45) is 5.92 Å². The van der Waals surface area contributed by atoms with E-state index in [2.05, 4.69) is 4.98 Å². The highest BCUT2D eigenvalue weighted by molar-refractivity contribution is 5.84. The number of hydrogen-bond donors (Lipinski definition) is 0. The number of Topliss-reactive ketones (excluding diaryl/α,β-unsaturated/α-hetero) is 1. The van der Waals surface area contributed by atoms with Crippen LogP contribution in [0, 0.1) is 12.8 Å². The van der Waals surface area contributed by atoms with Crippen molar-refractivity contribution >= 4 is 5.78 Å². The molecule has 150 valence electrons. The van der Waals surface area contributed by atoms with Crippen molar-refractivity contribution < 1.29 is 18.0 Å². The molecule has 1 atom stereocenters. The minimum Gasteiger partial charge on any atom is -0.305 e. The second kappa shape index (κ2) is 8.29. The lowest BCUT2D eigenvalue weighted by Gasteiger charge is -2.22. The van der Waals surface area contributed by atoms with E-state index in [4.69, 9.17) is 0 Å². The Morgan fingerprint density at radius 3 is 2.54 bits per heavy atom. The normalized spacial score (nSPS) is 16.3. The summed E-state index contributed by atoms with van der Waals surface area (Å²) in [5.74, 6) is 0.175. The summed E-state index contributed by atoms with van der Waals surface area (Å²) in [6.07, 6.45) is 2.73. The summed E-state index contributed by atoms with van der Waals surface area (Å²) in [6, 6.07) is 4.68. The zero-order valence-electron chi connectivity index (χ0n) is 15.7. The van der Waals surface area contributed by atoms with Gasteiger partial charge in [-0.3, -0.25) is 14.6 Å². The molecule has 0 N–H and O–H groups in total. The number of aromatic nitrogens is 2. The molecule has 2 heterocycles. The Labute approximate surface area is 161 Å². The maximum Gasteiger partial charge on any atom is 0.417 e. The van der Waals surface area contributed by atoms with Gasteiger partial charge in [0.15, 0.2) is 5.78 Å². The molecule has 7 heteroatoms. The number of aryl methyl sites for hydroxylation is 1. The van der Waals surface area contributed by atoms with Gasteiger partial charge in [0.05, 0.1) is 18.0 Å². The Morgan fingerprint density at radius 1 is 1.21 bits per heavy atom. The van der Waals surface area contributed by atoms with Crippen molar-refractivity contribution in [1.82, 2.24) is 9.55 Å². The Kier molecular flexibility index (Phi) is 6.01. The molecule has 0 amide bonds. The van der Waals surface area contributed by atoms with E-state index in [1.807, 2.05) is 6.92 Å². The predicted molar refractivity (Wildman–Crippen MR) is 99.0 cm³/mol. The molecule has 2 aromatic heterocycles. The summed E-state index contributed by atoms with van der Waals surface area (Å²) < 4.78 is 39.6. The topological polar surface area (TPSA) is 52.0 Å². The monoisotopic (exact) mass is 392 g/mol. The van der Waals surface area contributed by atoms with Crippen LogP contribution in [0.2, 0.25) is 0 Å². The Hall–Kier alpha value is -2.44. The third kappa shape index (κ3) is 4.88. The summed E-state index contributed by atoms with van der Waals surface area (Å²) in [5, 5.41) is 0. The van der Waals surface area contributed by atoms with Crippen LogP contribution in [0.25, 0.3) is 0 Å². The lowest BCUT2D eigenvalue weighted by molar-refractivity contribution is -0.137. The lowest BCUT2D eigenvalue weighted by Crippen LogP contribution is -2.31. The molecule has 0 spiro atoms. The minimum atomic E-state index is -4.46. The highest BCUT2D eigenvalue weighted by atomic mass is 19.4. The third-order valence-electron chi connectivity index (χ3n) is 5.33. The molecule has 1 aliphatic carbocycles. The van der Waals surface area contributed by atoms with Crippen LogP contribution in [-0.4, -0.2) is 15.3 Å². The summed E-state index contributed by atoms with van der Waals surface area (Å²) >= 11 is 0. The lowest BCUT2D eigenvalue weighted by atomic mass is 9.93. The quantitative estimate of drug-likeness (QED) is 0.727. The zero-order chi connectivity index (χ0) is 20.3. The van der Waals surface area contributed by atoms with Gasteiger partial charge in [0.1, 0.15) is 0 Å². The number of rotatable bonds is 6. The van der Waals surface area contributed by atoms with Crippen molar-refractivity contribution in [3.8, 4) is 0 Å².